The molecule has 230 valence electrons. The number of esters is 1. The van der Waals surface area contributed by atoms with Crippen molar-refractivity contribution < 1.29 is 33.0 Å². The van der Waals surface area contributed by atoms with Gasteiger partial charge in [-0.15, -0.1) is 0 Å². The summed E-state index contributed by atoms with van der Waals surface area (Å²) in [5, 5.41) is 18.9. The minimum absolute atomic E-state index is 0.183. The molecule has 2 aromatic carbocycles. The van der Waals surface area contributed by atoms with Gasteiger partial charge >= 0.3 is 19.4 Å². The Kier molecular flexibility index (Phi) is 10.1. The fourth-order valence-electron chi connectivity index (χ4n) is 4.59. The van der Waals surface area contributed by atoms with Crippen molar-refractivity contribution in [1.82, 2.24) is 14.6 Å². The van der Waals surface area contributed by atoms with Gasteiger partial charge in [0.15, 0.2) is 6.23 Å². The van der Waals surface area contributed by atoms with Crippen LogP contribution in [0.25, 0.3) is 21.2 Å². The number of ether oxygens (including phenoxy) is 2. The number of aromatic amines is 1. The number of carbonyl (C=O) groups is 1. The zero-order chi connectivity index (χ0) is 31.2. The van der Waals surface area contributed by atoms with E-state index in [1.54, 1.807) is 24.3 Å². The number of aliphatic hydroxyl groups excluding tert-OH is 1. The summed E-state index contributed by atoms with van der Waals surface area (Å²) in [5.74, 6) is -0.477. The molecule has 1 aliphatic rings. The van der Waals surface area contributed by atoms with Gasteiger partial charge in [0.2, 0.25) is 0 Å². The monoisotopic (exact) mass is 616 g/mol. The molecule has 0 radical (unpaired) electrons. The molecule has 3 aromatic rings. The van der Waals surface area contributed by atoms with Gasteiger partial charge in [0.1, 0.15) is 23.4 Å². The number of aliphatic hydroxyl groups is 1. The molecule has 15 nitrogen and oxygen atoms in total. The zero-order valence-corrected chi connectivity index (χ0v) is 24.7. The Morgan fingerprint density at radius 3 is 2.74 bits per heavy atom. The molecule has 3 N–H and O–H groups in total. The largest absolute Gasteiger partial charge is 0.465 e. The number of nitrogens with one attached hydrogen (secondary N) is 2. The Morgan fingerprint density at radius 2 is 2.02 bits per heavy atom. The third-order valence-electron chi connectivity index (χ3n) is 6.94. The summed E-state index contributed by atoms with van der Waals surface area (Å²) >= 11 is 0. The number of carbonyl (C=O) groups excluding carboxylic acids is 1. The molecule has 0 aliphatic carbocycles. The number of aromatic nitrogens is 2. The van der Waals surface area contributed by atoms with E-state index in [0.29, 0.717) is 11.8 Å². The highest BCUT2D eigenvalue weighted by atomic mass is 31.2. The summed E-state index contributed by atoms with van der Waals surface area (Å²) in [6.07, 6.45) is -1.62. The van der Waals surface area contributed by atoms with Crippen LogP contribution in [0.2, 0.25) is 0 Å². The number of rotatable bonds is 13. The van der Waals surface area contributed by atoms with Gasteiger partial charge in [-0.25, -0.2) is 9.36 Å². The molecule has 2 heterocycles. The lowest BCUT2D eigenvalue weighted by atomic mass is 9.93. The lowest BCUT2D eigenvalue weighted by molar-refractivity contribution is -0.145. The molecule has 1 unspecified atom stereocenters. The predicted molar refractivity (Wildman–Crippen MR) is 155 cm³/mol. The first-order valence-electron chi connectivity index (χ1n) is 13.6. The quantitative estimate of drug-likeness (QED) is 0.0635. The number of unbranched alkanes of at least 4 members (excludes halogenated alkanes) is 1. The molecule has 0 spiro atoms. The van der Waals surface area contributed by atoms with Crippen molar-refractivity contribution in [2.75, 3.05) is 13.2 Å². The third kappa shape index (κ3) is 7.16. The Bertz CT molecular complexity index is 1670. The van der Waals surface area contributed by atoms with E-state index in [9.17, 15) is 29.6 Å². The van der Waals surface area contributed by atoms with Crippen molar-refractivity contribution >= 4 is 24.5 Å². The van der Waals surface area contributed by atoms with Crippen LogP contribution in [0.1, 0.15) is 39.8 Å². The molecular formula is C27H33N6O9P. The molecule has 1 aromatic heterocycles. The van der Waals surface area contributed by atoms with Gasteiger partial charge in [-0.1, -0.05) is 54.9 Å². The van der Waals surface area contributed by atoms with Gasteiger partial charge in [0.25, 0.3) is 5.56 Å². The van der Waals surface area contributed by atoms with Crippen molar-refractivity contribution in [3.05, 3.63) is 86.0 Å². The second-order valence-corrected chi connectivity index (χ2v) is 11.8. The highest BCUT2D eigenvalue weighted by Crippen LogP contribution is 2.48. The third-order valence-corrected chi connectivity index (χ3v) is 8.57. The van der Waals surface area contributed by atoms with Crippen molar-refractivity contribution in [2.24, 2.45) is 5.11 Å². The number of hydrogen-bond acceptors (Lipinski definition) is 10. The van der Waals surface area contributed by atoms with Crippen LogP contribution in [-0.4, -0.2) is 57.6 Å². The Morgan fingerprint density at radius 1 is 1.28 bits per heavy atom. The maximum atomic E-state index is 14.2. The van der Waals surface area contributed by atoms with E-state index in [4.69, 9.17) is 18.5 Å². The van der Waals surface area contributed by atoms with Gasteiger partial charge in [-0.3, -0.25) is 23.7 Å². The standard InChI is InChI=1S/C27H33N6O9P/c1-4-5-15-39-24(36)17(2)30-43(38,42-20-12-8-10-18-9-6-7-11-19(18)20)40-16-21-23(35)27(3,31-32-28)25(41-21)33-14-13-22(34)29-26(33)37/h6-14,17,21,23,25,35H,4-5,15-16H2,1-3H3,(H,30,38)(H,29,34,37)/t17-,21+,23+,25+,27+,43?/m0/s1. The average Bonchev–Trinajstić information content (AvgIpc) is 3.21. The van der Waals surface area contributed by atoms with E-state index in [1.807, 2.05) is 25.1 Å². The normalized spacial score (nSPS) is 23.7. The van der Waals surface area contributed by atoms with Gasteiger partial charge < -0.3 is 19.1 Å². The molecular weight excluding hydrogens is 583 g/mol. The second-order valence-electron chi connectivity index (χ2n) is 10.1. The molecule has 4 rings (SSSR count). The average molecular weight is 617 g/mol. The van der Waals surface area contributed by atoms with Crippen LogP contribution in [0.5, 0.6) is 5.75 Å². The summed E-state index contributed by atoms with van der Waals surface area (Å²) in [4.78, 5) is 41.6. The van der Waals surface area contributed by atoms with Crippen LogP contribution in [-0.2, 0) is 23.4 Å². The summed E-state index contributed by atoms with van der Waals surface area (Å²) in [6.45, 7) is 4.34. The molecule has 43 heavy (non-hydrogen) atoms. The van der Waals surface area contributed by atoms with E-state index in [2.05, 4.69) is 20.1 Å². The highest BCUT2D eigenvalue weighted by molar-refractivity contribution is 7.52. The molecule has 0 amide bonds. The van der Waals surface area contributed by atoms with Crippen molar-refractivity contribution in [3.8, 4) is 5.75 Å². The van der Waals surface area contributed by atoms with Gasteiger partial charge in [-0.05, 0) is 37.3 Å². The highest BCUT2D eigenvalue weighted by Gasteiger charge is 2.55. The molecule has 1 fully saturated rings. The molecule has 0 saturated carbocycles. The second kappa shape index (κ2) is 13.6. The van der Waals surface area contributed by atoms with Crippen LogP contribution in [0.15, 0.2) is 69.4 Å². The maximum absolute atomic E-state index is 14.2. The van der Waals surface area contributed by atoms with E-state index < -0.39 is 61.6 Å². The van der Waals surface area contributed by atoms with Gasteiger partial charge in [0.05, 0.1) is 19.3 Å². The summed E-state index contributed by atoms with van der Waals surface area (Å²) in [7, 11) is -4.40. The summed E-state index contributed by atoms with van der Waals surface area (Å²) < 4.78 is 37.9. The minimum Gasteiger partial charge on any atom is -0.465 e. The molecule has 6 atom stereocenters. The van der Waals surface area contributed by atoms with Crippen LogP contribution in [0, 0.1) is 0 Å². The topological polar surface area (TPSA) is 207 Å². The van der Waals surface area contributed by atoms with Crippen molar-refractivity contribution in [1.29, 1.82) is 0 Å². The number of fused-ring (bicyclic) bond motifs is 1. The summed E-state index contributed by atoms with van der Waals surface area (Å²) in [6, 6.07) is 12.3. The fourth-order valence-corrected chi connectivity index (χ4v) is 6.11. The van der Waals surface area contributed by atoms with Crippen LogP contribution in [0.4, 0.5) is 0 Å². The fraction of sp³-hybridized carbons (Fsp3) is 0.444. The number of nitrogens with zero attached hydrogens (tertiary/aromatic N) is 4. The number of hydrogen-bond donors (Lipinski definition) is 3. The lowest BCUT2D eigenvalue weighted by Crippen LogP contribution is -2.45. The molecule has 0 bridgehead atoms. The number of azide groups is 1. The van der Waals surface area contributed by atoms with Gasteiger partial charge in [-0.2, -0.15) is 5.09 Å². The summed E-state index contributed by atoms with van der Waals surface area (Å²) in [5.41, 5.74) is 5.94. The van der Waals surface area contributed by atoms with E-state index in [0.717, 1.165) is 28.6 Å². The SMILES string of the molecule is CCCCOC(=O)[C@H](C)NP(=O)(OC[C@H]1O[C@@H](n2ccc(=O)[nH]c2=O)[C@](C)(N=[N+]=[N-])[C@@H]1O)Oc1cccc2ccccc12. The molecule has 16 heteroatoms. The first kappa shape index (κ1) is 32.0. The van der Waals surface area contributed by atoms with E-state index in [-0.39, 0.29) is 12.4 Å². The number of H-pyrrole nitrogens is 1. The van der Waals surface area contributed by atoms with Crippen molar-refractivity contribution in [2.45, 2.75) is 63.6 Å². The van der Waals surface area contributed by atoms with Crippen LogP contribution < -0.4 is 20.9 Å². The lowest BCUT2D eigenvalue weighted by Gasteiger charge is -2.28. The Hall–Kier alpha value is -3.97. The van der Waals surface area contributed by atoms with Crippen LogP contribution in [0.3, 0.4) is 0 Å². The van der Waals surface area contributed by atoms with Crippen LogP contribution >= 0.6 is 7.75 Å². The zero-order valence-electron chi connectivity index (χ0n) is 23.8. The van der Waals surface area contributed by atoms with E-state index >= 15 is 0 Å². The maximum Gasteiger partial charge on any atom is 0.459 e. The first-order chi connectivity index (χ1) is 20.5. The van der Waals surface area contributed by atoms with E-state index in [1.165, 1.54) is 13.8 Å². The molecule has 1 saturated heterocycles. The van der Waals surface area contributed by atoms with Gasteiger partial charge in [0, 0.05) is 22.6 Å². The predicted octanol–water partition coefficient (Wildman–Crippen LogP) is 3.54. The smallest absolute Gasteiger partial charge is 0.459 e. The number of benzene rings is 2. The van der Waals surface area contributed by atoms with Crippen molar-refractivity contribution in [3.63, 3.8) is 0 Å². The Labute approximate surface area is 245 Å². The first-order valence-corrected chi connectivity index (χ1v) is 15.1. The molecule has 1 aliphatic heterocycles. The Balaban J connectivity index is 1.62. The minimum atomic E-state index is -4.40.